The fourth-order valence-electron chi connectivity index (χ4n) is 3.23. The Bertz CT molecular complexity index is 1240. The van der Waals surface area contributed by atoms with Gasteiger partial charge in [0.15, 0.2) is 5.03 Å². The van der Waals surface area contributed by atoms with E-state index in [0.717, 1.165) is 12.1 Å². The summed E-state index contributed by atoms with van der Waals surface area (Å²) in [7, 11) is -9.09. The Hall–Kier alpha value is -1.48. The van der Waals surface area contributed by atoms with Gasteiger partial charge in [-0.15, -0.1) is 0 Å². The molecule has 0 spiro atoms. The summed E-state index contributed by atoms with van der Waals surface area (Å²) in [5.41, 5.74) is -3.64. The van der Waals surface area contributed by atoms with Gasteiger partial charge in [0.1, 0.15) is 15.7 Å². The minimum absolute atomic E-state index is 0.149. The average molecular weight is 535 g/mol. The van der Waals surface area contributed by atoms with E-state index in [2.05, 4.69) is 4.98 Å². The third-order valence-corrected chi connectivity index (χ3v) is 9.63. The number of β-amino-alcohol motifs (C(OH)–C–C–N with tert-alkyl or cyclic N) is 1. The molecule has 0 saturated carbocycles. The molecule has 0 unspecified atom stereocenters. The molecule has 1 aliphatic heterocycles. The number of sulfonamides is 1. The molecule has 2 heterocycles. The van der Waals surface area contributed by atoms with Crippen molar-refractivity contribution >= 4 is 43.1 Å². The van der Waals surface area contributed by atoms with E-state index in [1.54, 1.807) is 0 Å². The standard InChI is InChI=1S/C17H15Cl2F3N2O6S2/c18-11-2-3-13(12(19)5-11)32(29,30)24-7-14(16(26,8-24)9-25)31(27,28)15-4-1-10(6-23-15)17(20,21)22/h1-6,14,25-26H,7-9H2/t14-,16+/m0/s1. The molecule has 0 aliphatic carbocycles. The lowest BCUT2D eigenvalue weighted by Gasteiger charge is -2.26. The summed E-state index contributed by atoms with van der Waals surface area (Å²) in [6.45, 7) is -2.75. The summed E-state index contributed by atoms with van der Waals surface area (Å²) < 4.78 is 90.9. The number of halogens is 5. The van der Waals surface area contributed by atoms with Crippen molar-refractivity contribution in [1.82, 2.24) is 9.29 Å². The fourth-order valence-corrected chi connectivity index (χ4v) is 7.44. The molecule has 1 fully saturated rings. The van der Waals surface area contributed by atoms with Crippen molar-refractivity contribution in [3.8, 4) is 0 Å². The second kappa shape index (κ2) is 8.38. The van der Waals surface area contributed by atoms with Crippen LogP contribution in [0.2, 0.25) is 10.0 Å². The molecule has 1 saturated heterocycles. The van der Waals surface area contributed by atoms with Gasteiger partial charge in [0, 0.05) is 24.3 Å². The Morgan fingerprint density at radius 1 is 1.16 bits per heavy atom. The normalized spacial score (nSPS) is 22.9. The number of sulfone groups is 1. The number of alkyl halides is 3. The van der Waals surface area contributed by atoms with Gasteiger partial charge >= 0.3 is 6.18 Å². The van der Waals surface area contributed by atoms with Crippen LogP contribution in [0, 0.1) is 0 Å². The van der Waals surface area contributed by atoms with Crippen molar-refractivity contribution in [2.45, 2.75) is 26.9 Å². The Labute approximate surface area is 191 Å². The number of pyridine rings is 1. The van der Waals surface area contributed by atoms with E-state index in [1.165, 1.54) is 6.07 Å². The lowest BCUT2D eigenvalue weighted by Crippen LogP contribution is -2.49. The highest BCUT2D eigenvalue weighted by Gasteiger charge is 2.55. The quantitative estimate of drug-likeness (QED) is 0.600. The highest BCUT2D eigenvalue weighted by molar-refractivity contribution is 7.92. The first-order valence-corrected chi connectivity index (χ1v) is 12.4. The van der Waals surface area contributed by atoms with Crippen LogP contribution in [0.5, 0.6) is 0 Å². The Balaban J connectivity index is 2.00. The van der Waals surface area contributed by atoms with Crippen LogP contribution in [0.4, 0.5) is 13.2 Å². The highest BCUT2D eigenvalue weighted by atomic mass is 35.5. The number of aromatic nitrogens is 1. The maximum Gasteiger partial charge on any atom is 0.417 e. The predicted octanol–water partition coefficient (Wildman–Crippen LogP) is 1.98. The van der Waals surface area contributed by atoms with Crippen LogP contribution in [-0.4, -0.2) is 66.9 Å². The van der Waals surface area contributed by atoms with Crippen LogP contribution >= 0.6 is 23.2 Å². The summed E-state index contributed by atoms with van der Waals surface area (Å²) in [6, 6.07) is 4.59. The molecular weight excluding hydrogens is 520 g/mol. The first kappa shape index (κ1) is 25.1. The molecule has 15 heteroatoms. The van der Waals surface area contributed by atoms with E-state index in [4.69, 9.17) is 23.2 Å². The van der Waals surface area contributed by atoms with Crippen LogP contribution in [0.25, 0.3) is 0 Å². The molecule has 3 rings (SSSR count). The molecule has 0 radical (unpaired) electrons. The Kier molecular flexibility index (Phi) is 6.59. The second-order valence-electron chi connectivity index (χ2n) is 7.05. The maximum atomic E-state index is 13.0. The molecule has 32 heavy (non-hydrogen) atoms. The molecular formula is C17H15Cl2F3N2O6S2. The third-order valence-electron chi connectivity index (χ3n) is 4.93. The SMILES string of the molecule is O=S(=O)(c1ccc(C(F)(F)F)cn1)[C@H]1CN(S(=O)(=O)c2ccc(Cl)cc2Cl)C[C@@]1(O)CO. The first-order chi connectivity index (χ1) is 14.6. The first-order valence-electron chi connectivity index (χ1n) is 8.68. The van der Waals surface area contributed by atoms with Crippen molar-refractivity contribution < 1.29 is 40.2 Å². The topological polar surface area (TPSA) is 125 Å². The second-order valence-corrected chi connectivity index (χ2v) is 11.9. The Morgan fingerprint density at radius 2 is 1.81 bits per heavy atom. The van der Waals surface area contributed by atoms with Crippen molar-refractivity contribution in [3.05, 3.63) is 52.1 Å². The molecule has 1 aliphatic rings. The van der Waals surface area contributed by atoms with Gasteiger partial charge in [-0.25, -0.2) is 21.8 Å². The van der Waals surface area contributed by atoms with Gasteiger partial charge in [0.05, 0.1) is 17.2 Å². The smallest absolute Gasteiger partial charge is 0.393 e. The van der Waals surface area contributed by atoms with Gasteiger partial charge in [-0.1, -0.05) is 23.2 Å². The number of hydrogen-bond acceptors (Lipinski definition) is 7. The lowest BCUT2D eigenvalue weighted by molar-refractivity contribution is -0.137. The van der Waals surface area contributed by atoms with E-state index < -0.39 is 72.1 Å². The van der Waals surface area contributed by atoms with E-state index in [-0.39, 0.29) is 10.0 Å². The summed E-state index contributed by atoms with van der Waals surface area (Å²) in [5.74, 6) is 0. The minimum Gasteiger partial charge on any atom is -0.393 e. The number of rotatable bonds is 5. The van der Waals surface area contributed by atoms with Crippen molar-refractivity contribution in [1.29, 1.82) is 0 Å². The molecule has 1 aromatic carbocycles. The third kappa shape index (κ3) is 4.47. The summed E-state index contributed by atoms with van der Waals surface area (Å²) in [6.07, 6.45) is -4.45. The lowest BCUT2D eigenvalue weighted by atomic mass is 10.1. The average Bonchev–Trinajstić information content (AvgIpc) is 3.07. The summed E-state index contributed by atoms with van der Waals surface area (Å²) in [5, 5.41) is 17.6. The van der Waals surface area contributed by atoms with Gasteiger partial charge in [0.25, 0.3) is 0 Å². The number of nitrogens with zero attached hydrogens (tertiary/aromatic N) is 2. The molecule has 176 valence electrons. The zero-order valence-electron chi connectivity index (χ0n) is 15.8. The molecule has 8 nitrogen and oxygen atoms in total. The van der Waals surface area contributed by atoms with Gasteiger partial charge in [-0.3, -0.25) is 0 Å². The molecule has 0 bridgehead atoms. The molecule has 2 atom stereocenters. The zero-order valence-corrected chi connectivity index (χ0v) is 18.9. The van der Waals surface area contributed by atoms with E-state index in [1.807, 2.05) is 0 Å². The van der Waals surface area contributed by atoms with Crippen LogP contribution in [0.3, 0.4) is 0 Å². The largest absolute Gasteiger partial charge is 0.417 e. The van der Waals surface area contributed by atoms with E-state index in [0.29, 0.717) is 22.6 Å². The van der Waals surface area contributed by atoms with Gasteiger partial charge < -0.3 is 10.2 Å². The number of aliphatic hydroxyl groups excluding tert-OH is 1. The fraction of sp³-hybridized carbons (Fsp3) is 0.353. The van der Waals surface area contributed by atoms with Gasteiger partial charge in [-0.2, -0.15) is 17.5 Å². The maximum absolute atomic E-state index is 13.0. The molecule has 2 aromatic rings. The monoisotopic (exact) mass is 534 g/mol. The van der Waals surface area contributed by atoms with Crippen LogP contribution in [0.1, 0.15) is 5.56 Å². The van der Waals surface area contributed by atoms with Gasteiger partial charge in [0.2, 0.25) is 19.9 Å². The number of benzene rings is 1. The summed E-state index contributed by atoms with van der Waals surface area (Å²) in [4.78, 5) is 2.92. The van der Waals surface area contributed by atoms with E-state index >= 15 is 0 Å². The zero-order chi connectivity index (χ0) is 24.1. The molecule has 2 N–H and O–H groups in total. The van der Waals surface area contributed by atoms with Crippen LogP contribution in [-0.2, 0) is 26.0 Å². The molecule has 1 aromatic heterocycles. The Morgan fingerprint density at radius 3 is 2.31 bits per heavy atom. The number of aliphatic hydroxyl groups is 2. The van der Waals surface area contributed by atoms with Crippen molar-refractivity contribution in [2.24, 2.45) is 0 Å². The van der Waals surface area contributed by atoms with Crippen molar-refractivity contribution in [3.63, 3.8) is 0 Å². The highest BCUT2D eigenvalue weighted by Crippen LogP contribution is 2.37. The van der Waals surface area contributed by atoms with Crippen LogP contribution < -0.4 is 0 Å². The van der Waals surface area contributed by atoms with Crippen LogP contribution in [0.15, 0.2) is 46.5 Å². The summed E-state index contributed by atoms with van der Waals surface area (Å²) >= 11 is 11.7. The number of hydrogen-bond donors (Lipinski definition) is 2. The van der Waals surface area contributed by atoms with Gasteiger partial charge in [-0.05, 0) is 30.3 Å². The minimum atomic E-state index is -4.75. The van der Waals surface area contributed by atoms with E-state index in [9.17, 15) is 40.2 Å². The molecule has 0 amide bonds. The van der Waals surface area contributed by atoms with Crippen molar-refractivity contribution in [2.75, 3.05) is 19.7 Å². The predicted molar refractivity (Wildman–Crippen MR) is 107 cm³/mol.